The molecule has 2 aromatic carbocycles. The second-order valence-electron chi connectivity index (χ2n) is 5.71. The van der Waals surface area contributed by atoms with Crippen LogP contribution in [0.4, 0.5) is 4.39 Å². The highest BCUT2D eigenvalue weighted by Crippen LogP contribution is 2.31. The van der Waals surface area contributed by atoms with Crippen LogP contribution in [0, 0.1) is 5.82 Å². The maximum Gasteiger partial charge on any atom is 0.335 e. The summed E-state index contributed by atoms with van der Waals surface area (Å²) < 4.78 is 40.7. The molecule has 2 aromatic rings. The minimum absolute atomic E-state index is 0.0716. The van der Waals surface area contributed by atoms with Gasteiger partial charge in [0.25, 0.3) is 0 Å². The maximum absolute atomic E-state index is 14.1. The van der Waals surface area contributed by atoms with E-state index in [1.165, 1.54) is 4.31 Å². The van der Waals surface area contributed by atoms with E-state index in [1.807, 2.05) is 30.3 Å². The Labute approximate surface area is 139 Å². The third-order valence-electron chi connectivity index (χ3n) is 4.22. The van der Waals surface area contributed by atoms with E-state index in [0.29, 0.717) is 13.0 Å². The Morgan fingerprint density at radius 2 is 1.88 bits per heavy atom. The molecular formula is C17H16FNO4S. The van der Waals surface area contributed by atoms with Crippen molar-refractivity contribution in [1.29, 1.82) is 0 Å². The van der Waals surface area contributed by atoms with E-state index in [2.05, 4.69) is 0 Å². The first-order valence-corrected chi connectivity index (χ1v) is 8.91. The quantitative estimate of drug-likeness (QED) is 0.921. The Hall–Kier alpha value is -2.25. The smallest absolute Gasteiger partial charge is 0.335 e. The van der Waals surface area contributed by atoms with Gasteiger partial charge in [-0.15, -0.1) is 0 Å². The lowest BCUT2D eigenvalue weighted by molar-refractivity contribution is 0.0696. The SMILES string of the molecule is O=C(O)c1ccc(S(=O)(=O)N2CC[C@@H](c3ccccc3)C2)c(F)c1. The van der Waals surface area contributed by atoms with Crippen LogP contribution in [-0.2, 0) is 10.0 Å². The molecule has 0 spiro atoms. The van der Waals surface area contributed by atoms with Crippen LogP contribution in [0.15, 0.2) is 53.4 Å². The summed E-state index contributed by atoms with van der Waals surface area (Å²) in [7, 11) is -3.99. The number of benzene rings is 2. The third-order valence-corrected chi connectivity index (χ3v) is 6.12. The second kappa shape index (κ2) is 6.33. The molecule has 1 saturated heterocycles. The summed E-state index contributed by atoms with van der Waals surface area (Å²) in [6.07, 6.45) is 0.665. The van der Waals surface area contributed by atoms with Gasteiger partial charge in [-0.1, -0.05) is 30.3 Å². The van der Waals surface area contributed by atoms with Crippen LogP contribution in [0.5, 0.6) is 0 Å². The first-order chi connectivity index (χ1) is 11.4. The Morgan fingerprint density at radius 1 is 1.17 bits per heavy atom. The molecule has 1 aliphatic heterocycles. The van der Waals surface area contributed by atoms with E-state index in [1.54, 1.807) is 0 Å². The van der Waals surface area contributed by atoms with Crippen molar-refractivity contribution < 1.29 is 22.7 Å². The monoisotopic (exact) mass is 349 g/mol. The third kappa shape index (κ3) is 3.05. The highest BCUT2D eigenvalue weighted by molar-refractivity contribution is 7.89. The highest BCUT2D eigenvalue weighted by Gasteiger charge is 2.34. The van der Waals surface area contributed by atoms with Gasteiger partial charge in [0.15, 0.2) is 0 Å². The summed E-state index contributed by atoms with van der Waals surface area (Å²) in [4.78, 5) is 10.4. The fourth-order valence-electron chi connectivity index (χ4n) is 2.93. The molecule has 0 amide bonds. The molecule has 0 unspecified atom stereocenters. The van der Waals surface area contributed by atoms with Crippen molar-refractivity contribution in [3.8, 4) is 0 Å². The van der Waals surface area contributed by atoms with Crippen molar-refractivity contribution in [3.63, 3.8) is 0 Å². The summed E-state index contributed by atoms with van der Waals surface area (Å²) in [5.41, 5.74) is 0.770. The molecule has 5 nitrogen and oxygen atoms in total. The largest absolute Gasteiger partial charge is 0.478 e. The van der Waals surface area contributed by atoms with Crippen LogP contribution < -0.4 is 0 Å². The van der Waals surface area contributed by atoms with Gasteiger partial charge in [0.2, 0.25) is 10.0 Å². The number of carboxylic acids is 1. The van der Waals surface area contributed by atoms with Crippen molar-refractivity contribution in [2.24, 2.45) is 0 Å². The molecule has 0 bridgehead atoms. The number of hydrogen-bond acceptors (Lipinski definition) is 3. The van der Waals surface area contributed by atoms with Crippen molar-refractivity contribution in [2.75, 3.05) is 13.1 Å². The van der Waals surface area contributed by atoms with Crippen LogP contribution in [0.3, 0.4) is 0 Å². The highest BCUT2D eigenvalue weighted by atomic mass is 32.2. The lowest BCUT2D eigenvalue weighted by atomic mass is 9.99. The molecule has 1 N–H and O–H groups in total. The van der Waals surface area contributed by atoms with Gasteiger partial charge in [0.1, 0.15) is 10.7 Å². The van der Waals surface area contributed by atoms with Gasteiger partial charge >= 0.3 is 5.97 Å². The van der Waals surface area contributed by atoms with Gasteiger partial charge < -0.3 is 5.11 Å². The van der Waals surface area contributed by atoms with Gasteiger partial charge in [-0.2, -0.15) is 4.31 Å². The number of carbonyl (C=O) groups is 1. The van der Waals surface area contributed by atoms with Crippen LogP contribution in [0.25, 0.3) is 0 Å². The zero-order chi connectivity index (χ0) is 17.3. The van der Waals surface area contributed by atoms with Gasteiger partial charge in [0, 0.05) is 13.1 Å². The molecule has 0 radical (unpaired) electrons. The van der Waals surface area contributed by atoms with E-state index in [0.717, 1.165) is 23.8 Å². The number of rotatable bonds is 4. The molecule has 1 atom stereocenters. The predicted octanol–water partition coefficient (Wildman–Crippen LogP) is 2.70. The Bertz CT molecular complexity index is 867. The summed E-state index contributed by atoms with van der Waals surface area (Å²) >= 11 is 0. The molecule has 0 saturated carbocycles. The first-order valence-electron chi connectivity index (χ1n) is 7.47. The van der Waals surface area contributed by atoms with Gasteiger partial charge in [0.05, 0.1) is 5.56 Å². The van der Waals surface area contributed by atoms with Gasteiger partial charge in [-0.25, -0.2) is 17.6 Å². The molecule has 1 aliphatic rings. The lowest BCUT2D eigenvalue weighted by Crippen LogP contribution is -2.29. The molecule has 1 heterocycles. The Morgan fingerprint density at radius 3 is 2.50 bits per heavy atom. The van der Waals surface area contributed by atoms with Crippen LogP contribution in [0.2, 0.25) is 0 Å². The summed E-state index contributed by atoms with van der Waals surface area (Å²) in [6, 6.07) is 12.4. The Kier molecular flexibility index (Phi) is 4.38. The topological polar surface area (TPSA) is 74.7 Å². The fraction of sp³-hybridized carbons (Fsp3) is 0.235. The van der Waals surface area contributed by atoms with Crippen molar-refractivity contribution in [1.82, 2.24) is 4.31 Å². The minimum Gasteiger partial charge on any atom is -0.478 e. The number of sulfonamides is 1. The molecule has 24 heavy (non-hydrogen) atoms. The first kappa shape index (κ1) is 16.6. The van der Waals surface area contributed by atoms with Gasteiger partial charge in [-0.05, 0) is 36.1 Å². The van der Waals surface area contributed by atoms with E-state index in [-0.39, 0.29) is 18.0 Å². The fourth-order valence-corrected chi connectivity index (χ4v) is 4.47. The predicted molar refractivity (Wildman–Crippen MR) is 85.9 cm³/mol. The summed E-state index contributed by atoms with van der Waals surface area (Å²) in [6.45, 7) is 0.592. The lowest BCUT2D eigenvalue weighted by Gasteiger charge is -2.17. The van der Waals surface area contributed by atoms with Crippen LogP contribution >= 0.6 is 0 Å². The van der Waals surface area contributed by atoms with E-state index >= 15 is 0 Å². The van der Waals surface area contributed by atoms with Gasteiger partial charge in [-0.3, -0.25) is 0 Å². The number of hydrogen-bond donors (Lipinski definition) is 1. The van der Waals surface area contributed by atoms with Crippen LogP contribution in [0.1, 0.15) is 28.3 Å². The molecule has 1 fully saturated rings. The molecule has 3 rings (SSSR count). The normalized spacial score (nSPS) is 18.6. The number of nitrogens with zero attached hydrogens (tertiary/aromatic N) is 1. The number of aromatic carboxylic acids is 1. The number of carboxylic acid groups (broad SMARTS) is 1. The van der Waals surface area contributed by atoms with Crippen molar-refractivity contribution in [2.45, 2.75) is 17.2 Å². The molecular weight excluding hydrogens is 333 g/mol. The minimum atomic E-state index is -3.99. The molecule has 0 aromatic heterocycles. The van der Waals surface area contributed by atoms with Crippen molar-refractivity contribution >= 4 is 16.0 Å². The average molecular weight is 349 g/mol. The van der Waals surface area contributed by atoms with E-state index < -0.39 is 26.7 Å². The van der Waals surface area contributed by atoms with Crippen LogP contribution in [-0.4, -0.2) is 36.9 Å². The summed E-state index contributed by atoms with van der Waals surface area (Å²) in [5.74, 6) is -2.27. The maximum atomic E-state index is 14.1. The zero-order valence-corrected chi connectivity index (χ0v) is 13.5. The molecule has 7 heteroatoms. The average Bonchev–Trinajstić information content (AvgIpc) is 3.06. The second-order valence-corrected chi connectivity index (χ2v) is 7.62. The van der Waals surface area contributed by atoms with E-state index in [9.17, 15) is 17.6 Å². The Balaban J connectivity index is 1.85. The standard InChI is InChI=1S/C17H16FNO4S/c18-15-10-13(17(20)21)6-7-16(15)24(22,23)19-9-8-14(11-19)12-4-2-1-3-5-12/h1-7,10,14H,8-9,11H2,(H,20,21)/t14-/m1/s1. The molecule has 126 valence electrons. The van der Waals surface area contributed by atoms with Crippen molar-refractivity contribution in [3.05, 3.63) is 65.5 Å². The number of halogens is 1. The van der Waals surface area contributed by atoms with E-state index in [4.69, 9.17) is 5.11 Å². The zero-order valence-electron chi connectivity index (χ0n) is 12.7. The summed E-state index contributed by atoms with van der Waals surface area (Å²) in [5, 5.41) is 8.85. The molecule has 0 aliphatic carbocycles.